The van der Waals surface area contributed by atoms with Crippen molar-refractivity contribution >= 4 is 5.69 Å². The van der Waals surface area contributed by atoms with Crippen LogP contribution in [0.15, 0.2) is 36.0 Å². The maximum atomic E-state index is 8.56. The number of rotatable bonds is 5. The Morgan fingerprint density at radius 1 is 1.24 bits per heavy atom. The SMILES string of the molecule is CCCCc1ccc(NC=C(C#N)C#N)cc1. The first-order valence-corrected chi connectivity index (χ1v) is 5.66. The zero-order chi connectivity index (χ0) is 12.5. The van der Waals surface area contributed by atoms with Gasteiger partial charge in [0, 0.05) is 11.9 Å². The summed E-state index contributed by atoms with van der Waals surface area (Å²) in [5, 5.41) is 20.1. The van der Waals surface area contributed by atoms with Crippen molar-refractivity contribution in [3.8, 4) is 12.1 Å². The minimum Gasteiger partial charge on any atom is -0.360 e. The molecule has 0 aromatic heterocycles. The van der Waals surface area contributed by atoms with Crippen LogP contribution in [-0.2, 0) is 6.42 Å². The van der Waals surface area contributed by atoms with Gasteiger partial charge in [0.15, 0.2) is 0 Å². The molecule has 0 heterocycles. The maximum Gasteiger partial charge on any atom is 0.145 e. The van der Waals surface area contributed by atoms with E-state index in [0.717, 1.165) is 12.1 Å². The fourth-order valence-electron chi connectivity index (χ4n) is 1.39. The van der Waals surface area contributed by atoms with Crippen molar-refractivity contribution < 1.29 is 0 Å². The van der Waals surface area contributed by atoms with Crippen LogP contribution in [0.2, 0.25) is 0 Å². The molecule has 0 bridgehead atoms. The van der Waals surface area contributed by atoms with E-state index in [0.29, 0.717) is 0 Å². The molecule has 0 amide bonds. The minimum atomic E-state index is 0.0695. The van der Waals surface area contributed by atoms with Gasteiger partial charge in [-0.15, -0.1) is 0 Å². The van der Waals surface area contributed by atoms with E-state index in [9.17, 15) is 0 Å². The first-order valence-electron chi connectivity index (χ1n) is 5.66. The van der Waals surface area contributed by atoms with Gasteiger partial charge in [-0.2, -0.15) is 10.5 Å². The summed E-state index contributed by atoms with van der Waals surface area (Å²) >= 11 is 0. The van der Waals surface area contributed by atoms with E-state index >= 15 is 0 Å². The van der Waals surface area contributed by atoms with Crippen molar-refractivity contribution in [1.29, 1.82) is 10.5 Å². The summed E-state index contributed by atoms with van der Waals surface area (Å²) in [6.45, 7) is 2.17. The highest BCUT2D eigenvalue weighted by Crippen LogP contribution is 2.12. The van der Waals surface area contributed by atoms with E-state index in [1.165, 1.54) is 24.6 Å². The molecule has 1 aromatic rings. The van der Waals surface area contributed by atoms with Crippen LogP contribution < -0.4 is 5.32 Å². The van der Waals surface area contributed by atoms with Crippen molar-refractivity contribution in [1.82, 2.24) is 0 Å². The summed E-state index contributed by atoms with van der Waals surface area (Å²) in [5.41, 5.74) is 2.26. The number of nitrogens with one attached hydrogen (secondary N) is 1. The van der Waals surface area contributed by atoms with Gasteiger partial charge < -0.3 is 5.32 Å². The van der Waals surface area contributed by atoms with Gasteiger partial charge >= 0.3 is 0 Å². The number of aryl methyl sites for hydroxylation is 1. The third-order valence-electron chi connectivity index (χ3n) is 2.40. The Morgan fingerprint density at radius 2 is 1.88 bits per heavy atom. The number of hydrogen-bond donors (Lipinski definition) is 1. The number of hydrogen-bond acceptors (Lipinski definition) is 3. The number of nitriles is 2. The van der Waals surface area contributed by atoms with Gasteiger partial charge in [0.05, 0.1) is 0 Å². The molecule has 0 fully saturated rings. The van der Waals surface area contributed by atoms with Crippen LogP contribution in [0.1, 0.15) is 25.3 Å². The van der Waals surface area contributed by atoms with Crippen LogP contribution in [0.5, 0.6) is 0 Å². The molecule has 17 heavy (non-hydrogen) atoms. The van der Waals surface area contributed by atoms with Crippen LogP contribution in [0, 0.1) is 22.7 Å². The molecule has 1 N–H and O–H groups in total. The van der Waals surface area contributed by atoms with Crippen molar-refractivity contribution in [3.05, 3.63) is 41.6 Å². The Balaban J connectivity index is 2.61. The normalized spacial score (nSPS) is 8.88. The Bertz CT molecular complexity index is 442. The van der Waals surface area contributed by atoms with E-state index in [2.05, 4.69) is 24.4 Å². The van der Waals surface area contributed by atoms with Gasteiger partial charge in [0.2, 0.25) is 0 Å². The van der Waals surface area contributed by atoms with Crippen molar-refractivity contribution in [3.63, 3.8) is 0 Å². The molecule has 0 aliphatic rings. The molecule has 0 aliphatic heterocycles. The van der Waals surface area contributed by atoms with E-state index in [1.807, 2.05) is 12.1 Å². The molecule has 1 aromatic carbocycles. The predicted octanol–water partition coefficient (Wildman–Crippen LogP) is 3.37. The van der Waals surface area contributed by atoms with Crippen molar-refractivity contribution in [2.75, 3.05) is 5.32 Å². The highest BCUT2D eigenvalue weighted by atomic mass is 14.8. The lowest BCUT2D eigenvalue weighted by Gasteiger charge is -2.03. The fourth-order valence-corrected chi connectivity index (χ4v) is 1.39. The van der Waals surface area contributed by atoms with Gasteiger partial charge in [0.25, 0.3) is 0 Å². The largest absolute Gasteiger partial charge is 0.360 e. The second-order valence-electron chi connectivity index (χ2n) is 3.73. The van der Waals surface area contributed by atoms with Gasteiger partial charge in [-0.05, 0) is 30.5 Å². The molecule has 3 nitrogen and oxygen atoms in total. The number of benzene rings is 1. The molecule has 0 spiro atoms. The fraction of sp³-hybridized carbons (Fsp3) is 0.286. The summed E-state index contributed by atoms with van der Waals surface area (Å²) in [6.07, 6.45) is 4.89. The van der Waals surface area contributed by atoms with Crippen molar-refractivity contribution in [2.24, 2.45) is 0 Å². The average Bonchev–Trinajstić information content (AvgIpc) is 2.39. The lowest BCUT2D eigenvalue weighted by Crippen LogP contribution is -1.91. The summed E-state index contributed by atoms with van der Waals surface area (Å²) in [6, 6.07) is 11.6. The standard InChI is InChI=1S/C14H15N3/c1-2-3-4-12-5-7-14(8-6-12)17-11-13(9-15)10-16/h5-8,11,17H,2-4H2,1H3. The highest BCUT2D eigenvalue weighted by Gasteiger charge is 1.94. The number of unbranched alkanes of at least 4 members (excludes halogenated alkanes) is 1. The molecule has 86 valence electrons. The van der Waals surface area contributed by atoms with E-state index in [4.69, 9.17) is 10.5 Å². The van der Waals surface area contributed by atoms with E-state index < -0.39 is 0 Å². The predicted molar refractivity (Wildman–Crippen MR) is 68.0 cm³/mol. The summed E-state index contributed by atoms with van der Waals surface area (Å²) in [5.74, 6) is 0. The smallest absolute Gasteiger partial charge is 0.145 e. The molecule has 3 heteroatoms. The third-order valence-corrected chi connectivity index (χ3v) is 2.40. The van der Waals surface area contributed by atoms with Gasteiger partial charge in [-0.3, -0.25) is 0 Å². The first kappa shape index (κ1) is 12.8. The Kier molecular flexibility index (Phi) is 5.34. The van der Waals surface area contributed by atoms with Gasteiger partial charge in [0.1, 0.15) is 17.7 Å². The first-order chi connectivity index (χ1) is 8.30. The molecular weight excluding hydrogens is 210 g/mol. The Hall–Kier alpha value is -2.26. The van der Waals surface area contributed by atoms with Gasteiger partial charge in [-0.25, -0.2) is 0 Å². The summed E-state index contributed by atoms with van der Waals surface area (Å²) < 4.78 is 0. The molecule has 0 saturated carbocycles. The molecule has 0 saturated heterocycles. The van der Waals surface area contributed by atoms with Gasteiger partial charge in [-0.1, -0.05) is 25.5 Å². The number of allylic oxidation sites excluding steroid dienone is 1. The van der Waals surface area contributed by atoms with E-state index in [1.54, 1.807) is 12.1 Å². The molecule has 0 radical (unpaired) electrons. The maximum absolute atomic E-state index is 8.56. The summed E-state index contributed by atoms with van der Waals surface area (Å²) in [4.78, 5) is 0. The molecule has 0 atom stereocenters. The number of nitrogens with zero attached hydrogens (tertiary/aromatic N) is 2. The number of anilines is 1. The topological polar surface area (TPSA) is 59.6 Å². The van der Waals surface area contributed by atoms with Crippen LogP contribution >= 0.6 is 0 Å². The average molecular weight is 225 g/mol. The second-order valence-corrected chi connectivity index (χ2v) is 3.73. The minimum absolute atomic E-state index is 0.0695. The van der Waals surface area contributed by atoms with E-state index in [-0.39, 0.29) is 5.57 Å². The Morgan fingerprint density at radius 3 is 2.41 bits per heavy atom. The highest BCUT2D eigenvalue weighted by molar-refractivity contribution is 5.50. The zero-order valence-corrected chi connectivity index (χ0v) is 9.90. The van der Waals surface area contributed by atoms with Crippen LogP contribution in [-0.4, -0.2) is 0 Å². The van der Waals surface area contributed by atoms with Crippen LogP contribution in [0.3, 0.4) is 0 Å². The van der Waals surface area contributed by atoms with Crippen LogP contribution in [0.25, 0.3) is 0 Å². The van der Waals surface area contributed by atoms with Crippen molar-refractivity contribution in [2.45, 2.75) is 26.2 Å². The van der Waals surface area contributed by atoms with Crippen LogP contribution in [0.4, 0.5) is 5.69 Å². The quantitative estimate of drug-likeness (QED) is 0.781. The molecule has 0 unspecified atom stereocenters. The summed E-state index contributed by atoms with van der Waals surface area (Å²) in [7, 11) is 0. The lowest BCUT2D eigenvalue weighted by atomic mass is 10.1. The monoisotopic (exact) mass is 225 g/mol. The zero-order valence-electron chi connectivity index (χ0n) is 9.90. The Labute approximate surface area is 102 Å². The molecule has 1 rings (SSSR count). The third kappa shape index (κ3) is 4.40. The second kappa shape index (κ2) is 7.09. The molecule has 0 aliphatic carbocycles. The lowest BCUT2D eigenvalue weighted by molar-refractivity contribution is 0.795. The molecular formula is C14H15N3.